The SMILES string of the molecule is C=C[C@@H](O)[C@H]1O[C@@H](n2cnc(N)nc2=O)C(O)(C#CC)[C@H]1O. The van der Waals surface area contributed by atoms with Crippen LogP contribution in [-0.4, -0.2) is 53.8 Å². The van der Waals surface area contributed by atoms with E-state index in [-0.39, 0.29) is 5.95 Å². The first-order chi connectivity index (χ1) is 10.3. The van der Waals surface area contributed by atoms with E-state index in [1.54, 1.807) is 0 Å². The molecule has 2 rings (SSSR count). The van der Waals surface area contributed by atoms with Gasteiger partial charge in [0.1, 0.15) is 24.6 Å². The summed E-state index contributed by atoms with van der Waals surface area (Å²) in [5, 5.41) is 30.7. The molecule has 0 bridgehead atoms. The fraction of sp³-hybridized carbons (Fsp3) is 0.462. The van der Waals surface area contributed by atoms with Gasteiger partial charge in [-0.3, -0.25) is 4.57 Å². The summed E-state index contributed by atoms with van der Waals surface area (Å²) in [6.45, 7) is 4.84. The standard InChI is InChI=1S/C13H16N4O5/c1-3-5-13(21)9(19)8(7(18)4-2)22-10(13)17-6-15-11(14)16-12(17)20/h4,6-10,18-19,21H,2H2,1H3,(H2,14,16,20)/t7-,8-,9+,10-,13?/m1/s1. The molecule has 0 amide bonds. The number of aliphatic hydroxyl groups excluding tert-OH is 2. The lowest BCUT2D eigenvalue weighted by Crippen LogP contribution is -2.48. The third-order valence-corrected chi connectivity index (χ3v) is 3.33. The van der Waals surface area contributed by atoms with Crippen molar-refractivity contribution in [3.63, 3.8) is 0 Å². The number of aliphatic hydroxyl groups is 3. The maximum atomic E-state index is 11.9. The van der Waals surface area contributed by atoms with Crippen molar-refractivity contribution >= 4 is 5.95 Å². The second kappa shape index (κ2) is 5.86. The van der Waals surface area contributed by atoms with Gasteiger partial charge in [0.15, 0.2) is 11.8 Å². The molecule has 0 saturated carbocycles. The number of nitrogen functional groups attached to an aromatic ring is 1. The molecule has 0 spiro atoms. The summed E-state index contributed by atoms with van der Waals surface area (Å²) >= 11 is 0. The van der Waals surface area contributed by atoms with Crippen LogP contribution < -0.4 is 11.4 Å². The number of nitrogens with zero attached hydrogens (tertiary/aromatic N) is 3. The van der Waals surface area contributed by atoms with Gasteiger partial charge in [-0.05, 0) is 6.92 Å². The first-order valence-corrected chi connectivity index (χ1v) is 6.36. The number of anilines is 1. The summed E-state index contributed by atoms with van der Waals surface area (Å²) in [4.78, 5) is 19.0. The highest BCUT2D eigenvalue weighted by atomic mass is 16.6. The zero-order valence-electron chi connectivity index (χ0n) is 11.7. The van der Waals surface area contributed by atoms with Crippen molar-refractivity contribution in [1.82, 2.24) is 14.5 Å². The molecule has 0 aliphatic carbocycles. The van der Waals surface area contributed by atoms with Crippen molar-refractivity contribution in [2.45, 2.75) is 37.1 Å². The molecular formula is C13H16N4O5. The Balaban J connectivity index is 2.54. The van der Waals surface area contributed by atoms with Crippen LogP contribution in [0, 0.1) is 11.8 Å². The third-order valence-electron chi connectivity index (χ3n) is 3.33. The molecule has 1 aromatic heterocycles. The van der Waals surface area contributed by atoms with Gasteiger partial charge in [-0.1, -0.05) is 12.0 Å². The summed E-state index contributed by atoms with van der Waals surface area (Å²) in [6, 6.07) is 0. The van der Waals surface area contributed by atoms with Gasteiger partial charge < -0.3 is 25.8 Å². The summed E-state index contributed by atoms with van der Waals surface area (Å²) in [5.74, 6) is 4.63. The Bertz CT molecular complexity index is 694. The zero-order valence-corrected chi connectivity index (χ0v) is 11.7. The predicted octanol–water partition coefficient (Wildman–Crippen LogP) is -2.22. The molecule has 9 nitrogen and oxygen atoms in total. The summed E-state index contributed by atoms with van der Waals surface area (Å²) in [5.41, 5.74) is 2.34. The topological polar surface area (TPSA) is 144 Å². The fourth-order valence-corrected chi connectivity index (χ4v) is 2.25. The van der Waals surface area contributed by atoms with Crippen LogP contribution in [0.2, 0.25) is 0 Å². The molecule has 118 valence electrons. The Labute approximate surface area is 125 Å². The zero-order chi connectivity index (χ0) is 16.5. The average molecular weight is 308 g/mol. The Morgan fingerprint density at radius 1 is 1.68 bits per heavy atom. The molecule has 1 aromatic rings. The van der Waals surface area contributed by atoms with E-state index < -0.39 is 35.8 Å². The van der Waals surface area contributed by atoms with Gasteiger partial charge in [-0.15, -0.1) is 12.5 Å². The molecule has 0 radical (unpaired) electrons. The second-order valence-corrected chi connectivity index (χ2v) is 4.73. The lowest BCUT2D eigenvalue weighted by molar-refractivity contribution is -0.0843. The molecule has 2 heterocycles. The van der Waals surface area contributed by atoms with Crippen molar-refractivity contribution in [3.8, 4) is 11.8 Å². The molecule has 5 atom stereocenters. The average Bonchev–Trinajstić information content (AvgIpc) is 2.72. The Morgan fingerprint density at radius 3 is 2.91 bits per heavy atom. The van der Waals surface area contributed by atoms with E-state index >= 15 is 0 Å². The van der Waals surface area contributed by atoms with Crippen molar-refractivity contribution in [3.05, 3.63) is 29.5 Å². The van der Waals surface area contributed by atoms with E-state index in [0.717, 1.165) is 17.0 Å². The van der Waals surface area contributed by atoms with Gasteiger partial charge in [-0.25, -0.2) is 9.78 Å². The predicted molar refractivity (Wildman–Crippen MR) is 75.2 cm³/mol. The van der Waals surface area contributed by atoms with Crippen LogP contribution in [-0.2, 0) is 4.74 Å². The van der Waals surface area contributed by atoms with E-state index in [9.17, 15) is 20.1 Å². The maximum absolute atomic E-state index is 11.9. The number of aromatic nitrogens is 3. The molecule has 22 heavy (non-hydrogen) atoms. The van der Waals surface area contributed by atoms with Crippen LogP contribution in [0.3, 0.4) is 0 Å². The van der Waals surface area contributed by atoms with Crippen LogP contribution in [0.25, 0.3) is 0 Å². The van der Waals surface area contributed by atoms with E-state index in [4.69, 9.17) is 10.5 Å². The van der Waals surface area contributed by atoms with Crippen molar-refractivity contribution in [2.75, 3.05) is 5.73 Å². The van der Waals surface area contributed by atoms with Crippen LogP contribution >= 0.6 is 0 Å². The minimum absolute atomic E-state index is 0.243. The van der Waals surface area contributed by atoms with E-state index in [1.165, 1.54) is 6.92 Å². The monoisotopic (exact) mass is 308 g/mol. The van der Waals surface area contributed by atoms with Crippen molar-refractivity contribution < 1.29 is 20.1 Å². The number of nitrogens with two attached hydrogens (primary N) is 1. The van der Waals surface area contributed by atoms with Gasteiger partial charge in [-0.2, -0.15) is 4.98 Å². The van der Waals surface area contributed by atoms with Gasteiger partial charge in [0.05, 0.1) is 0 Å². The molecule has 1 saturated heterocycles. The van der Waals surface area contributed by atoms with Crippen LogP contribution in [0.4, 0.5) is 5.95 Å². The largest absolute Gasteiger partial charge is 0.386 e. The maximum Gasteiger partial charge on any atom is 0.354 e. The molecule has 1 aliphatic heterocycles. The first-order valence-electron chi connectivity index (χ1n) is 6.36. The Morgan fingerprint density at radius 2 is 2.36 bits per heavy atom. The van der Waals surface area contributed by atoms with Crippen LogP contribution in [0.15, 0.2) is 23.8 Å². The smallest absolute Gasteiger partial charge is 0.354 e. The highest BCUT2D eigenvalue weighted by Crippen LogP contribution is 2.38. The highest BCUT2D eigenvalue weighted by molar-refractivity contribution is 5.23. The van der Waals surface area contributed by atoms with Gasteiger partial charge in [0, 0.05) is 0 Å². The van der Waals surface area contributed by atoms with E-state index in [0.29, 0.717) is 0 Å². The molecule has 1 unspecified atom stereocenters. The minimum Gasteiger partial charge on any atom is -0.386 e. The number of hydrogen-bond acceptors (Lipinski definition) is 8. The Kier molecular flexibility index (Phi) is 4.30. The Hall–Kier alpha value is -2.25. The van der Waals surface area contributed by atoms with Crippen LogP contribution in [0.1, 0.15) is 13.2 Å². The molecule has 5 N–H and O–H groups in total. The van der Waals surface area contributed by atoms with Crippen molar-refractivity contribution in [2.24, 2.45) is 0 Å². The molecule has 1 aliphatic rings. The normalized spacial score (nSPS) is 32.1. The lowest BCUT2D eigenvalue weighted by Gasteiger charge is -2.26. The number of ether oxygens (including phenoxy) is 1. The van der Waals surface area contributed by atoms with E-state index in [2.05, 4.69) is 28.4 Å². The fourth-order valence-electron chi connectivity index (χ4n) is 2.25. The molecule has 1 fully saturated rings. The molecule has 0 aromatic carbocycles. The summed E-state index contributed by atoms with van der Waals surface area (Å²) in [6.07, 6.45) is -3.33. The number of rotatable bonds is 3. The quantitative estimate of drug-likeness (QED) is 0.363. The second-order valence-electron chi connectivity index (χ2n) is 4.73. The van der Waals surface area contributed by atoms with Gasteiger partial charge >= 0.3 is 5.69 Å². The van der Waals surface area contributed by atoms with Crippen LogP contribution in [0.5, 0.6) is 0 Å². The first kappa shape index (κ1) is 16.1. The van der Waals surface area contributed by atoms with Gasteiger partial charge in [0.2, 0.25) is 5.95 Å². The summed E-state index contributed by atoms with van der Waals surface area (Å²) in [7, 11) is 0. The highest BCUT2D eigenvalue weighted by Gasteiger charge is 2.57. The minimum atomic E-state index is -2.13. The van der Waals surface area contributed by atoms with Gasteiger partial charge in [0.25, 0.3) is 0 Å². The number of hydrogen-bond donors (Lipinski definition) is 4. The summed E-state index contributed by atoms with van der Waals surface area (Å²) < 4.78 is 6.27. The molecular weight excluding hydrogens is 292 g/mol. The molecule has 9 heteroatoms. The third kappa shape index (κ3) is 2.49. The van der Waals surface area contributed by atoms with Crippen molar-refractivity contribution in [1.29, 1.82) is 0 Å². The lowest BCUT2D eigenvalue weighted by atomic mass is 9.92. The van der Waals surface area contributed by atoms with E-state index in [1.807, 2.05) is 0 Å².